The van der Waals surface area contributed by atoms with Crippen molar-refractivity contribution in [1.82, 2.24) is 0 Å². The zero-order chi connectivity index (χ0) is 11.5. The highest BCUT2D eigenvalue weighted by atomic mass is 79.9. The highest BCUT2D eigenvalue weighted by Crippen LogP contribution is 2.30. The van der Waals surface area contributed by atoms with Crippen LogP contribution in [0.5, 0.6) is 0 Å². The molecule has 0 saturated carbocycles. The summed E-state index contributed by atoms with van der Waals surface area (Å²) in [6, 6.07) is 4.84. The fraction of sp³-hybridized carbons (Fsp3) is 0.500. The molecule has 1 aromatic carbocycles. The third-order valence-corrected chi connectivity index (χ3v) is 3.59. The van der Waals surface area contributed by atoms with E-state index in [1.165, 1.54) is 6.07 Å². The van der Waals surface area contributed by atoms with Gasteiger partial charge in [0.1, 0.15) is 5.82 Å². The molecule has 1 aromatic rings. The van der Waals surface area contributed by atoms with Gasteiger partial charge >= 0.3 is 0 Å². The van der Waals surface area contributed by atoms with Crippen LogP contribution in [-0.4, -0.2) is 13.2 Å². The lowest BCUT2D eigenvalue weighted by molar-refractivity contribution is 0.0580. The van der Waals surface area contributed by atoms with Gasteiger partial charge in [0.2, 0.25) is 0 Å². The first-order chi connectivity index (χ1) is 7.68. The molecule has 1 aliphatic heterocycles. The summed E-state index contributed by atoms with van der Waals surface area (Å²) >= 11 is 3.24. The van der Waals surface area contributed by atoms with Crippen molar-refractivity contribution in [3.8, 4) is 0 Å². The highest BCUT2D eigenvalue weighted by Gasteiger charge is 2.24. The van der Waals surface area contributed by atoms with E-state index in [1.807, 2.05) is 6.07 Å². The first-order valence-corrected chi connectivity index (χ1v) is 6.26. The summed E-state index contributed by atoms with van der Waals surface area (Å²) < 4.78 is 19.7. The topological polar surface area (TPSA) is 35.2 Å². The number of hydrogen-bond acceptors (Lipinski definition) is 2. The maximum atomic E-state index is 13.7. The van der Waals surface area contributed by atoms with Crippen molar-refractivity contribution in [2.45, 2.75) is 18.9 Å². The Morgan fingerprint density at radius 2 is 2.06 bits per heavy atom. The van der Waals surface area contributed by atoms with E-state index in [0.29, 0.717) is 11.5 Å². The lowest BCUT2D eigenvalue weighted by atomic mass is 9.87. The predicted octanol–water partition coefficient (Wildman–Crippen LogP) is 3.01. The fourth-order valence-corrected chi connectivity index (χ4v) is 2.43. The highest BCUT2D eigenvalue weighted by molar-refractivity contribution is 9.10. The van der Waals surface area contributed by atoms with Crippen LogP contribution in [0.15, 0.2) is 22.7 Å². The number of hydrogen-bond donors (Lipinski definition) is 1. The largest absolute Gasteiger partial charge is 0.381 e. The van der Waals surface area contributed by atoms with E-state index in [2.05, 4.69) is 15.9 Å². The summed E-state index contributed by atoms with van der Waals surface area (Å²) in [5.41, 5.74) is 6.72. The molecule has 1 heterocycles. The molecule has 0 bridgehead atoms. The Kier molecular flexibility index (Phi) is 3.95. The fourth-order valence-electron chi connectivity index (χ4n) is 2.10. The molecule has 0 spiro atoms. The van der Waals surface area contributed by atoms with Crippen LogP contribution < -0.4 is 5.73 Å². The molecule has 16 heavy (non-hydrogen) atoms. The maximum Gasteiger partial charge on any atom is 0.129 e. The van der Waals surface area contributed by atoms with E-state index in [0.717, 1.165) is 30.5 Å². The second kappa shape index (κ2) is 5.25. The van der Waals surface area contributed by atoms with Crippen molar-refractivity contribution in [3.63, 3.8) is 0 Å². The smallest absolute Gasteiger partial charge is 0.129 e. The molecule has 2 nitrogen and oxygen atoms in total. The van der Waals surface area contributed by atoms with Gasteiger partial charge in [-0.25, -0.2) is 4.39 Å². The molecule has 2 N–H and O–H groups in total. The lowest BCUT2D eigenvalue weighted by Crippen LogP contribution is -2.28. The summed E-state index contributed by atoms with van der Waals surface area (Å²) in [6.45, 7) is 1.47. The van der Waals surface area contributed by atoms with Crippen LogP contribution in [0.2, 0.25) is 0 Å². The number of benzene rings is 1. The molecular weight excluding hydrogens is 273 g/mol. The summed E-state index contributed by atoms with van der Waals surface area (Å²) in [6.07, 6.45) is 1.83. The standard InChI is InChI=1S/C12H15BrFNO/c13-9-1-2-10(11(14)7-9)12(15)8-3-5-16-6-4-8/h1-2,7-8,12H,3-6,15H2/t12-/m1/s1. The third-order valence-electron chi connectivity index (χ3n) is 3.10. The first-order valence-electron chi connectivity index (χ1n) is 5.47. The Labute approximate surface area is 103 Å². The monoisotopic (exact) mass is 287 g/mol. The van der Waals surface area contributed by atoms with Gasteiger partial charge in [0, 0.05) is 29.3 Å². The predicted molar refractivity (Wildman–Crippen MR) is 64.6 cm³/mol. The van der Waals surface area contributed by atoms with E-state index < -0.39 is 0 Å². The van der Waals surface area contributed by atoms with Crippen molar-refractivity contribution in [2.24, 2.45) is 11.7 Å². The van der Waals surface area contributed by atoms with Crippen molar-refractivity contribution in [2.75, 3.05) is 13.2 Å². The van der Waals surface area contributed by atoms with Crippen molar-refractivity contribution in [1.29, 1.82) is 0 Å². The Bertz CT molecular complexity index is 366. The van der Waals surface area contributed by atoms with Crippen molar-refractivity contribution < 1.29 is 9.13 Å². The molecule has 0 radical (unpaired) electrons. The number of ether oxygens (including phenoxy) is 1. The van der Waals surface area contributed by atoms with Gasteiger partial charge in [0.05, 0.1) is 0 Å². The quantitative estimate of drug-likeness (QED) is 0.908. The van der Waals surface area contributed by atoms with Crippen LogP contribution in [0.1, 0.15) is 24.4 Å². The Morgan fingerprint density at radius 3 is 2.69 bits per heavy atom. The average molecular weight is 288 g/mol. The van der Waals surface area contributed by atoms with Gasteiger partial charge in [-0.15, -0.1) is 0 Å². The minimum atomic E-state index is -0.228. The number of rotatable bonds is 2. The number of halogens is 2. The average Bonchev–Trinajstić information content (AvgIpc) is 2.29. The van der Waals surface area contributed by atoms with Gasteiger partial charge in [0.25, 0.3) is 0 Å². The van der Waals surface area contributed by atoms with E-state index in [1.54, 1.807) is 6.07 Å². The van der Waals surface area contributed by atoms with Crippen LogP contribution in [0.25, 0.3) is 0 Å². The molecule has 88 valence electrons. The molecule has 1 aliphatic rings. The zero-order valence-electron chi connectivity index (χ0n) is 8.96. The molecule has 0 aromatic heterocycles. The molecule has 1 saturated heterocycles. The second-order valence-electron chi connectivity index (χ2n) is 4.14. The van der Waals surface area contributed by atoms with Gasteiger partial charge in [-0.05, 0) is 30.9 Å². The molecule has 0 amide bonds. The Morgan fingerprint density at radius 1 is 1.38 bits per heavy atom. The van der Waals surface area contributed by atoms with E-state index in [4.69, 9.17) is 10.5 Å². The van der Waals surface area contributed by atoms with Crippen LogP contribution in [0.3, 0.4) is 0 Å². The second-order valence-corrected chi connectivity index (χ2v) is 5.06. The normalized spacial score (nSPS) is 19.7. The third kappa shape index (κ3) is 2.62. The summed E-state index contributed by atoms with van der Waals surface area (Å²) in [7, 11) is 0. The van der Waals surface area contributed by atoms with E-state index in [9.17, 15) is 4.39 Å². The van der Waals surface area contributed by atoms with Crippen molar-refractivity contribution in [3.05, 3.63) is 34.1 Å². The molecular formula is C12H15BrFNO. The van der Waals surface area contributed by atoms with Gasteiger partial charge in [-0.3, -0.25) is 0 Å². The summed E-state index contributed by atoms with van der Waals surface area (Å²) in [5, 5.41) is 0. The van der Waals surface area contributed by atoms with Gasteiger partial charge in [0.15, 0.2) is 0 Å². The molecule has 2 rings (SSSR count). The molecule has 0 unspecified atom stereocenters. The van der Waals surface area contributed by atoms with Crippen LogP contribution >= 0.6 is 15.9 Å². The first kappa shape index (κ1) is 12.0. The lowest BCUT2D eigenvalue weighted by Gasteiger charge is -2.28. The molecule has 0 aliphatic carbocycles. The summed E-state index contributed by atoms with van der Waals surface area (Å²) in [4.78, 5) is 0. The minimum Gasteiger partial charge on any atom is -0.381 e. The van der Waals surface area contributed by atoms with E-state index in [-0.39, 0.29) is 11.9 Å². The van der Waals surface area contributed by atoms with Crippen molar-refractivity contribution >= 4 is 15.9 Å². The molecule has 4 heteroatoms. The van der Waals surface area contributed by atoms with E-state index >= 15 is 0 Å². The maximum absolute atomic E-state index is 13.7. The van der Waals surface area contributed by atoms with Crippen LogP contribution in [-0.2, 0) is 4.74 Å². The Balaban J connectivity index is 2.15. The summed E-state index contributed by atoms with van der Waals surface area (Å²) in [5.74, 6) is 0.0952. The zero-order valence-corrected chi connectivity index (χ0v) is 10.5. The minimum absolute atomic E-state index is 0.225. The number of nitrogens with two attached hydrogens (primary N) is 1. The molecule has 1 fully saturated rings. The van der Waals surface area contributed by atoms with Crippen LogP contribution in [0, 0.1) is 11.7 Å². The molecule has 1 atom stereocenters. The van der Waals surface area contributed by atoms with Gasteiger partial charge in [-0.1, -0.05) is 22.0 Å². The van der Waals surface area contributed by atoms with Crippen LogP contribution in [0.4, 0.5) is 4.39 Å². The Hall–Kier alpha value is -0.450. The SMILES string of the molecule is N[C@@H](c1ccc(Br)cc1F)C1CCOCC1. The van der Waals surface area contributed by atoms with Gasteiger partial charge in [-0.2, -0.15) is 0 Å². The van der Waals surface area contributed by atoms with Gasteiger partial charge < -0.3 is 10.5 Å².